The lowest BCUT2D eigenvalue weighted by Gasteiger charge is -2.08. The van der Waals surface area contributed by atoms with Crippen LogP contribution in [-0.2, 0) is 0 Å². The van der Waals surface area contributed by atoms with E-state index >= 15 is 0 Å². The number of rotatable bonds is 5. The summed E-state index contributed by atoms with van der Waals surface area (Å²) in [5.41, 5.74) is 4.57. The minimum atomic E-state index is -0.929. The van der Waals surface area contributed by atoms with Crippen LogP contribution in [0.5, 0.6) is 0 Å². The number of thioether (sulfide) groups is 1. The molecule has 0 spiro atoms. The quantitative estimate of drug-likeness (QED) is 0.656. The Bertz CT molecular complexity index is 903. The van der Waals surface area contributed by atoms with Gasteiger partial charge < -0.3 is 9.52 Å². The van der Waals surface area contributed by atoms with E-state index in [1.165, 1.54) is 22.9 Å². The normalized spacial score (nSPS) is 12.1. The SMILES string of the molecule is Cc1ccc(-c2nnc(SC(C)c3ccc(C(=O)O)cc3)o2)cc1C. The van der Waals surface area contributed by atoms with Crippen molar-refractivity contribution in [1.82, 2.24) is 10.2 Å². The molecule has 0 amide bonds. The summed E-state index contributed by atoms with van der Waals surface area (Å²) in [6.45, 7) is 6.12. The maximum absolute atomic E-state index is 10.9. The van der Waals surface area contributed by atoms with E-state index in [2.05, 4.69) is 17.1 Å². The molecule has 1 aromatic heterocycles. The van der Waals surface area contributed by atoms with Gasteiger partial charge in [-0.05, 0) is 61.7 Å². The average molecular weight is 354 g/mol. The predicted molar refractivity (Wildman–Crippen MR) is 96.9 cm³/mol. The van der Waals surface area contributed by atoms with E-state index in [4.69, 9.17) is 9.52 Å². The smallest absolute Gasteiger partial charge is 0.335 e. The zero-order valence-electron chi connectivity index (χ0n) is 14.2. The Hall–Kier alpha value is -2.60. The van der Waals surface area contributed by atoms with Crippen molar-refractivity contribution in [2.75, 3.05) is 0 Å². The van der Waals surface area contributed by atoms with Crippen LogP contribution < -0.4 is 0 Å². The third kappa shape index (κ3) is 3.91. The molecule has 0 saturated carbocycles. The summed E-state index contributed by atoms with van der Waals surface area (Å²) in [6.07, 6.45) is 0. The topological polar surface area (TPSA) is 76.2 Å². The van der Waals surface area contributed by atoms with Crippen molar-refractivity contribution in [1.29, 1.82) is 0 Å². The molecule has 3 rings (SSSR count). The lowest BCUT2D eigenvalue weighted by molar-refractivity contribution is 0.0697. The number of carbonyl (C=O) groups is 1. The van der Waals surface area contributed by atoms with Crippen LogP contribution in [0, 0.1) is 13.8 Å². The van der Waals surface area contributed by atoms with Crippen LogP contribution in [0.2, 0.25) is 0 Å². The summed E-state index contributed by atoms with van der Waals surface area (Å²) in [6, 6.07) is 12.9. The molecule has 1 N–H and O–H groups in total. The van der Waals surface area contributed by atoms with Gasteiger partial charge in [-0.15, -0.1) is 10.2 Å². The molecule has 0 radical (unpaired) electrons. The third-order valence-electron chi connectivity index (χ3n) is 4.06. The van der Waals surface area contributed by atoms with Gasteiger partial charge in [0.15, 0.2) is 0 Å². The monoisotopic (exact) mass is 354 g/mol. The molecule has 3 aromatic rings. The molecule has 0 aliphatic carbocycles. The maximum atomic E-state index is 10.9. The molecule has 0 fully saturated rings. The van der Waals surface area contributed by atoms with E-state index in [0.717, 1.165) is 11.1 Å². The van der Waals surface area contributed by atoms with Gasteiger partial charge in [-0.3, -0.25) is 0 Å². The van der Waals surface area contributed by atoms with Gasteiger partial charge in [-0.1, -0.05) is 30.0 Å². The Balaban J connectivity index is 1.74. The van der Waals surface area contributed by atoms with Crippen LogP contribution in [0.15, 0.2) is 52.1 Å². The first-order valence-electron chi connectivity index (χ1n) is 7.85. The van der Waals surface area contributed by atoms with Crippen LogP contribution in [0.1, 0.15) is 39.2 Å². The fraction of sp³-hybridized carbons (Fsp3) is 0.211. The minimum Gasteiger partial charge on any atom is -0.478 e. The maximum Gasteiger partial charge on any atom is 0.335 e. The van der Waals surface area contributed by atoms with Gasteiger partial charge in [0.25, 0.3) is 5.22 Å². The largest absolute Gasteiger partial charge is 0.478 e. The number of aromatic nitrogens is 2. The number of carboxylic acid groups (broad SMARTS) is 1. The fourth-order valence-electron chi connectivity index (χ4n) is 2.36. The Labute approximate surface area is 150 Å². The van der Waals surface area contributed by atoms with Crippen molar-refractivity contribution in [2.45, 2.75) is 31.2 Å². The highest BCUT2D eigenvalue weighted by atomic mass is 32.2. The van der Waals surface area contributed by atoms with E-state index in [9.17, 15) is 4.79 Å². The van der Waals surface area contributed by atoms with Crippen molar-refractivity contribution in [3.8, 4) is 11.5 Å². The Morgan fingerprint density at radius 1 is 1.08 bits per heavy atom. The number of nitrogens with zero attached hydrogens (tertiary/aromatic N) is 2. The lowest BCUT2D eigenvalue weighted by atomic mass is 10.1. The highest BCUT2D eigenvalue weighted by molar-refractivity contribution is 7.99. The van der Waals surface area contributed by atoms with Gasteiger partial charge in [-0.25, -0.2) is 4.79 Å². The van der Waals surface area contributed by atoms with Crippen LogP contribution in [0.3, 0.4) is 0 Å². The van der Waals surface area contributed by atoms with Crippen LogP contribution in [-0.4, -0.2) is 21.3 Å². The van der Waals surface area contributed by atoms with Crippen LogP contribution in [0.25, 0.3) is 11.5 Å². The summed E-state index contributed by atoms with van der Waals surface area (Å²) in [5, 5.41) is 17.7. The zero-order valence-corrected chi connectivity index (χ0v) is 15.0. The Kier molecular flexibility index (Phi) is 4.90. The first-order chi connectivity index (χ1) is 11.9. The molecule has 2 aromatic carbocycles. The number of aromatic carboxylic acids is 1. The molecule has 5 nitrogen and oxygen atoms in total. The molecule has 0 aliphatic rings. The second-order valence-electron chi connectivity index (χ2n) is 5.86. The van der Waals surface area contributed by atoms with Crippen molar-refractivity contribution >= 4 is 17.7 Å². The van der Waals surface area contributed by atoms with Crippen molar-refractivity contribution in [3.63, 3.8) is 0 Å². The highest BCUT2D eigenvalue weighted by Gasteiger charge is 2.15. The van der Waals surface area contributed by atoms with Crippen LogP contribution >= 0.6 is 11.8 Å². The van der Waals surface area contributed by atoms with Crippen molar-refractivity contribution < 1.29 is 14.3 Å². The molecule has 0 saturated heterocycles. The molecule has 1 unspecified atom stereocenters. The predicted octanol–water partition coefficient (Wildman–Crippen LogP) is 4.90. The van der Waals surface area contributed by atoms with E-state index in [0.29, 0.717) is 11.1 Å². The van der Waals surface area contributed by atoms with Crippen molar-refractivity contribution in [3.05, 3.63) is 64.7 Å². The van der Waals surface area contributed by atoms with Gasteiger partial charge in [-0.2, -0.15) is 0 Å². The molecule has 1 atom stereocenters. The number of hydrogen-bond donors (Lipinski definition) is 1. The summed E-state index contributed by atoms with van der Waals surface area (Å²) < 4.78 is 5.77. The average Bonchev–Trinajstić information content (AvgIpc) is 3.06. The first-order valence-corrected chi connectivity index (χ1v) is 8.73. The summed E-state index contributed by atoms with van der Waals surface area (Å²) in [4.78, 5) is 10.9. The summed E-state index contributed by atoms with van der Waals surface area (Å²) in [5.74, 6) is -0.430. The molecule has 0 bridgehead atoms. The molecule has 6 heteroatoms. The van der Waals surface area contributed by atoms with Gasteiger partial charge >= 0.3 is 5.97 Å². The molecule has 128 valence electrons. The van der Waals surface area contributed by atoms with E-state index in [-0.39, 0.29) is 10.8 Å². The summed E-state index contributed by atoms with van der Waals surface area (Å²) >= 11 is 1.45. The van der Waals surface area contributed by atoms with Gasteiger partial charge in [0.05, 0.1) is 5.56 Å². The molecular formula is C19H18N2O3S. The Morgan fingerprint density at radius 2 is 1.80 bits per heavy atom. The second-order valence-corrected chi connectivity index (χ2v) is 7.15. The third-order valence-corrected chi connectivity index (χ3v) is 5.06. The van der Waals surface area contributed by atoms with Gasteiger partial charge in [0, 0.05) is 10.8 Å². The molecule has 0 aliphatic heterocycles. The number of benzene rings is 2. The molecule has 25 heavy (non-hydrogen) atoms. The molecule has 1 heterocycles. The van der Waals surface area contributed by atoms with Gasteiger partial charge in [0.2, 0.25) is 5.89 Å². The van der Waals surface area contributed by atoms with E-state index in [1.807, 2.05) is 44.2 Å². The molecular weight excluding hydrogens is 336 g/mol. The lowest BCUT2D eigenvalue weighted by Crippen LogP contribution is -1.96. The number of hydrogen-bond acceptors (Lipinski definition) is 5. The number of carboxylic acids is 1. The fourth-order valence-corrected chi connectivity index (χ4v) is 3.18. The minimum absolute atomic E-state index is 0.0656. The van der Waals surface area contributed by atoms with Crippen LogP contribution in [0.4, 0.5) is 0 Å². The van der Waals surface area contributed by atoms with Crippen molar-refractivity contribution in [2.24, 2.45) is 0 Å². The standard InChI is InChI=1S/C19H18N2O3S/c1-11-4-5-16(10-12(11)2)17-20-21-19(24-17)25-13(3)14-6-8-15(9-7-14)18(22)23/h4-10,13H,1-3H3,(H,22,23). The van der Waals surface area contributed by atoms with E-state index < -0.39 is 5.97 Å². The second kappa shape index (κ2) is 7.11. The summed E-state index contributed by atoms with van der Waals surface area (Å²) in [7, 11) is 0. The van der Waals surface area contributed by atoms with E-state index in [1.54, 1.807) is 12.1 Å². The Morgan fingerprint density at radius 3 is 2.44 bits per heavy atom. The van der Waals surface area contributed by atoms with Gasteiger partial charge in [0.1, 0.15) is 0 Å². The first kappa shape index (κ1) is 17.2. The highest BCUT2D eigenvalue weighted by Crippen LogP contribution is 2.35. The zero-order chi connectivity index (χ0) is 18.0. The number of aryl methyl sites for hydroxylation is 2.